The zero-order valence-electron chi connectivity index (χ0n) is 14.8. The second-order valence-electron chi connectivity index (χ2n) is 5.39. The summed E-state index contributed by atoms with van der Waals surface area (Å²) in [6.07, 6.45) is 0.961. The van der Waals surface area contributed by atoms with Gasteiger partial charge in [0, 0.05) is 182 Å². The second kappa shape index (κ2) is 14.3. The Labute approximate surface area is 298 Å². The van der Waals surface area contributed by atoms with Crippen LogP contribution in [0, 0.1) is 12.1 Å². The Bertz CT molecular complexity index is 861. The Kier molecular flexibility index (Phi) is 16.1. The molecule has 0 aliphatic carbocycles. The molecular weight excluding hydrogens is 601 g/mol. The van der Waals surface area contributed by atoms with E-state index in [2.05, 4.69) is 60.7 Å². The molecule has 0 saturated heterocycles. The summed E-state index contributed by atoms with van der Waals surface area (Å²) in [7, 11) is 0. The summed E-state index contributed by atoms with van der Waals surface area (Å²) >= 11 is 0. The van der Waals surface area contributed by atoms with E-state index >= 15 is 0 Å². The molecule has 4 radical (unpaired) electrons. The molecule has 0 atom stereocenters. The molecular formula is C21H14Rb2Y2-2. The summed E-state index contributed by atoms with van der Waals surface area (Å²) in [6.45, 7) is 0. The molecule has 0 aromatic heterocycles. The molecule has 0 fully saturated rings. The van der Waals surface area contributed by atoms with Crippen LogP contribution in [0.4, 0.5) is 0 Å². The van der Waals surface area contributed by atoms with Gasteiger partial charge in [-0.1, -0.05) is 24.3 Å². The van der Waals surface area contributed by atoms with Crippen LogP contribution in [0.1, 0.15) is 11.1 Å². The van der Waals surface area contributed by atoms with Crippen LogP contribution in [0.3, 0.4) is 0 Å². The predicted molar refractivity (Wildman–Crippen MR) is 99.9 cm³/mol. The van der Waals surface area contributed by atoms with E-state index < -0.39 is 0 Å². The van der Waals surface area contributed by atoms with Gasteiger partial charge in [-0.15, -0.1) is 33.7 Å². The van der Waals surface area contributed by atoms with E-state index in [1.165, 1.54) is 32.7 Å². The minimum atomic E-state index is 0. The van der Waals surface area contributed by atoms with Crippen molar-refractivity contribution in [1.29, 1.82) is 0 Å². The maximum atomic E-state index is 3.12. The van der Waals surface area contributed by atoms with Crippen LogP contribution in [-0.4, -0.2) is 116 Å². The number of hydrogen-bond acceptors (Lipinski definition) is 0. The first kappa shape index (κ1) is 28.2. The molecule has 0 aliphatic heterocycles. The fourth-order valence-electron chi connectivity index (χ4n) is 2.81. The molecule has 25 heavy (non-hydrogen) atoms. The molecule has 0 heterocycles. The van der Waals surface area contributed by atoms with Gasteiger partial charge in [-0.05, 0) is 17.5 Å². The van der Waals surface area contributed by atoms with Gasteiger partial charge in [0.1, 0.15) is 0 Å². The predicted octanol–water partition coefficient (Wildman–Crippen LogP) is 4.42. The van der Waals surface area contributed by atoms with E-state index in [0.29, 0.717) is 0 Å². The van der Waals surface area contributed by atoms with Gasteiger partial charge >= 0.3 is 0 Å². The van der Waals surface area contributed by atoms with Crippen LogP contribution >= 0.6 is 0 Å². The Hall–Kier alpha value is 3.22. The van der Waals surface area contributed by atoms with Crippen molar-refractivity contribution in [3.63, 3.8) is 0 Å². The second-order valence-corrected chi connectivity index (χ2v) is 5.39. The zero-order valence-corrected chi connectivity index (χ0v) is 30.3. The molecule has 108 valence electrons. The normalized spacial score (nSPS) is 9.28. The molecule has 0 N–H and O–H groups in total. The molecule has 4 aromatic rings. The number of rotatable bonds is 2. The summed E-state index contributed by atoms with van der Waals surface area (Å²) in [4.78, 5) is 0. The summed E-state index contributed by atoms with van der Waals surface area (Å²) < 4.78 is 0. The van der Waals surface area contributed by atoms with Crippen molar-refractivity contribution in [2.24, 2.45) is 0 Å². The summed E-state index contributed by atoms with van der Waals surface area (Å²) in [6, 6.07) is 31.8. The van der Waals surface area contributed by atoms with Crippen LogP contribution in [0.15, 0.2) is 72.8 Å². The fraction of sp³-hybridized carbons (Fsp3) is 0.0476. The maximum absolute atomic E-state index is 3.12. The molecule has 0 saturated carbocycles. The van der Waals surface area contributed by atoms with Gasteiger partial charge in [0.15, 0.2) is 0 Å². The summed E-state index contributed by atoms with van der Waals surface area (Å²) in [5.41, 5.74) is 2.69. The third-order valence-electron chi connectivity index (χ3n) is 3.91. The molecule has 4 rings (SSSR count). The van der Waals surface area contributed by atoms with Crippen molar-refractivity contribution in [3.8, 4) is 0 Å². The van der Waals surface area contributed by atoms with E-state index in [-0.39, 0.29) is 182 Å². The standard InChI is InChI=1S/C21H14.2Rb.2Y/c1-3-7-20-14-16(9-11-18(20)5-1)13-17-10-12-19-6-2-4-8-21(19)15-17;;;;/h3-12,14-15H,13H2;;;;/q-2;;;;. The topological polar surface area (TPSA) is 0 Å². The largest absolute Gasteiger partial charge is 0.183 e. The average molecular weight is 615 g/mol. The molecule has 0 nitrogen and oxygen atoms in total. The SMILES string of the molecule is [Rb].[Rb].[Y].[Y].[c-]1ccc2cc(Cc3ccc4c[c-]ccc4c3)ccc2c1. The molecule has 0 bridgehead atoms. The van der Waals surface area contributed by atoms with E-state index in [4.69, 9.17) is 0 Å². The fourth-order valence-corrected chi connectivity index (χ4v) is 2.81. The van der Waals surface area contributed by atoms with Crippen LogP contribution in [0.5, 0.6) is 0 Å². The van der Waals surface area contributed by atoms with Crippen molar-refractivity contribution < 1.29 is 65.4 Å². The monoisotopic (exact) mass is 614 g/mol. The van der Waals surface area contributed by atoms with Gasteiger partial charge in [-0.25, -0.2) is 0 Å². The molecule has 0 spiro atoms. The third-order valence-corrected chi connectivity index (χ3v) is 3.91. The van der Waals surface area contributed by atoms with Gasteiger partial charge in [0.2, 0.25) is 0 Å². The summed E-state index contributed by atoms with van der Waals surface area (Å²) in [5, 5.41) is 5.05. The molecule has 0 unspecified atom stereocenters. The third kappa shape index (κ3) is 7.76. The van der Waals surface area contributed by atoms with Gasteiger partial charge in [-0.2, -0.15) is 48.5 Å². The quantitative estimate of drug-likeness (QED) is 0.294. The van der Waals surface area contributed by atoms with Gasteiger partial charge in [0.25, 0.3) is 0 Å². The Morgan fingerprint density at radius 3 is 1.44 bits per heavy atom. The minimum Gasteiger partial charge on any atom is -0.183 e. The average Bonchev–Trinajstić information content (AvgIpc) is 2.55. The van der Waals surface area contributed by atoms with Crippen molar-refractivity contribution in [2.75, 3.05) is 0 Å². The van der Waals surface area contributed by atoms with Gasteiger partial charge in [-0.3, -0.25) is 0 Å². The van der Waals surface area contributed by atoms with Crippen molar-refractivity contribution in [3.05, 3.63) is 96.1 Å². The number of hydrogen-bond donors (Lipinski definition) is 0. The summed E-state index contributed by atoms with van der Waals surface area (Å²) in [5.74, 6) is 0. The van der Waals surface area contributed by atoms with E-state index in [1.54, 1.807) is 0 Å². The minimum absolute atomic E-state index is 0. The van der Waals surface area contributed by atoms with Gasteiger partial charge in [0.05, 0.1) is 0 Å². The molecule has 4 aromatic carbocycles. The first-order chi connectivity index (χ1) is 10.4. The molecule has 0 aliphatic rings. The Morgan fingerprint density at radius 1 is 0.560 bits per heavy atom. The maximum Gasteiger partial charge on any atom is 0 e. The van der Waals surface area contributed by atoms with Crippen LogP contribution in [-0.2, 0) is 71.8 Å². The zero-order chi connectivity index (χ0) is 14.1. The van der Waals surface area contributed by atoms with E-state index in [9.17, 15) is 0 Å². The van der Waals surface area contributed by atoms with Crippen molar-refractivity contribution in [1.82, 2.24) is 0 Å². The number of benzene rings is 4. The molecule has 0 amide bonds. The van der Waals surface area contributed by atoms with E-state index in [0.717, 1.165) is 6.42 Å². The van der Waals surface area contributed by atoms with Crippen LogP contribution in [0.2, 0.25) is 0 Å². The first-order valence-corrected chi connectivity index (χ1v) is 7.16. The van der Waals surface area contributed by atoms with Crippen molar-refractivity contribution >= 4 is 138 Å². The number of fused-ring (bicyclic) bond motifs is 2. The van der Waals surface area contributed by atoms with Crippen LogP contribution < -0.4 is 0 Å². The first-order valence-electron chi connectivity index (χ1n) is 7.16. The van der Waals surface area contributed by atoms with E-state index in [1.807, 2.05) is 24.3 Å². The Morgan fingerprint density at radius 2 is 1.00 bits per heavy atom. The van der Waals surface area contributed by atoms with Crippen LogP contribution in [0.25, 0.3) is 21.5 Å². The van der Waals surface area contributed by atoms with Crippen molar-refractivity contribution in [2.45, 2.75) is 6.42 Å². The van der Waals surface area contributed by atoms with Gasteiger partial charge < -0.3 is 0 Å². The Balaban J connectivity index is 0.00000144. The smallest absolute Gasteiger partial charge is 0 e. The molecule has 4 heteroatoms.